The molecule has 0 radical (unpaired) electrons. The average molecular weight is 558 g/mol. The van der Waals surface area contributed by atoms with E-state index in [4.69, 9.17) is 4.74 Å². The number of hydrogen-bond acceptors (Lipinski definition) is 7. The van der Waals surface area contributed by atoms with Gasteiger partial charge in [-0.25, -0.2) is 0 Å². The molecule has 0 aliphatic carbocycles. The summed E-state index contributed by atoms with van der Waals surface area (Å²) in [5.74, 6) is 0.986. The van der Waals surface area contributed by atoms with Crippen LogP contribution in [0, 0.1) is 5.41 Å². The van der Waals surface area contributed by atoms with Crippen molar-refractivity contribution in [3.8, 4) is 5.75 Å². The molecule has 4 aliphatic rings. The molecular weight excluding hydrogens is 518 g/mol. The lowest BCUT2D eigenvalue weighted by Gasteiger charge is -2.42. The first-order valence-electron chi connectivity index (χ1n) is 14.9. The van der Waals surface area contributed by atoms with E-state index >= 15 is 0 Å². The summed E-state index contributed by atoms with van der Waals surface area (Å²) < 4.78 is 7.71. The average Bonchev–Trinajstić information content (AvgIpc) is 3.69. The van der Waals surface area contributed by atoms with Gasteiger partial charge < -0.3 is 15.0 Å². The predicted octanol–water partition coefficient (Wildman–Crippen LogP) is 2.80. The SMILES string of the molecule is O=C(C(c1cccnc1)N1CCCC1)N1CCC2(CC1)Cc1cn(nn1)CCCOc1ccc(cc1)CCNC2=O. The van der Waals surface area contributed by atoms with Crippen LogP contribution in [0.5, 0.6) is 5.75 Å². The molecule has 10 heteroatoms. The number of carbonyl (C=O) groups excluding carboxylic acids is 2. The van der Waals surface area contributed by atoms with Crippen LogP contribution in [0.25, 0.3) is 0 Å². The normalized spacial score (nSPS) is 20.8. The minimum Gasteiger partial charge on any atom is -0.494 e. The molecule has 4 aliphatic heterocycles. The Hall–Kier alpha value is -3.79. The Bertz CT molecular complexity index is 1310. The van der Waals surface area contributed by atoms with Crippen molar-refractivity contribution in [1.82, 2.24) is 35.1 Å². The fraction of sp³-hybridized carbons (Fsp3) is 0.516. The predicted molar refractivity (Wildman–Crippen MR) is 153 cm³/mol. The van der Waals surface area contributed by atoms with Gasteiger partial charge in [-0.2, -0.15) is 0 Å². The quantitative estimate of drug-likeness (QED) is 0.528. The number of aryl methyl sites for hydroxylation is 1. The number of amides is 2. The number of hydrogen-bond donors (Lipinski definition) is 1. The molecule has 6 heterocycles. The van der Waals surface area contributed by atoms with Crippen molar-refractivity contribution < 1.29 is 14.3 Å². The fourth-order valence-electron chi connectivity index (χ4n) is 6.41. The van der Waals surface area contributed by atoms with E-state index in [0.29, 0.717) is 52.0 Å². The molecule has 1 atom stereocenters. The highest BCUT2D eigenvalue weighted by Gasteiger charge is 2.44. The molecule has 10 nitrogen and oxygen atoms in total. The third-order valence-corrected chi connectivity index (χ3v) is 8.78. The number of aromatic nitrogens is 4. The summed E-state index contributed by atoms with van der Waals surface area (Å²) in [7, 11) is 0. The first-order valence-corrected chi connectivity index (χ1v) is 14.9. The second-order valence-corrected chi connectivity index (χ2v) is 11.5. The van der Waals surface area contributed by atoms with Gasteiger partial charge in [-0.3, -0.25) is 24.2 Å². The molecule has 3 aromatic rings. The molecule has 216 valence electrons. The van der Waals surface area contributed by atoms with E-state index in [9.17, 15) is 9.59 Å². The van der Waals surface area contributed by atoms with Gasteiger partial charge in [-0.1, -0.05) is 23.4 Å². The number of nitrogens with one attached hydrogen (secondary N) is 1. The van der Waals surface area contributed by atoms with Crippen LogP contribution in [0.4, 0.5) is 0 Å². The van der Waals surface area contributed by atoms with Crippen LogP contribution in [0.1, 0.15) is 55.0 Å². The maximum absolute atomic E-state index is 14.0. The first kappa shape index (κ1) is 27.4. The fourth-order valence-corrected chi connectivity index (χ4v) is 6.41. The second kappa shape index (κ2) is 12.4. The molecule has 2 aromatic heterocycles. The highest BCUT2D eigenvalue weighted by molar-refractivity contribution is 5.85. The number of piperidine rings is 1. The largest absolute Gasteiger partial charge is 0.494 e. The van der Waals surface area contributed by atoms with Gasteiger partial charge in [0.05, 0.1) is 17.7 Å². The number of ether oxygens (including phenoxy) is 1. The van der Waals surface area contributed by atoms with Crippen LogP contribution in [-0.4, -0.2) is 80.9 Å². The van der Waals surface area contributed by atoms with Crippen molar-refractivity contribution in [2.45, 2.75) is 57.5 Å². The summed E-state index contributed by atoms with van der Waals surface area (Å²) in [4.78, 5) is 36.4. The molecule has 1 spiro atoms. The molecular formula is C31H39N7O3. The van der Waals surface area contributed by atoms with Crippen molar-refractivity contribution in [3.05, 3.63) is 71.8 Å². The van der Waals surface area contributed by atoms with Gasteiger partial charge in [0, 0.05) is 57.6 Å². The zero-order chi connectivity index (χ0) is 28.1. The van der Waals surface area contributed by atoms with E-state index < -0.39 is 5.41 Å². The summed E-state index contributed by atoms with van der Waals surface area (Å²) in [5.41, 5.74) is 2.26. The lowest BCUT2D eigenvalue weighted by atomic mass is 9.73. The van der Waals surface area contributed by atoms with Crippen molar-refractivity contribution in [1.29, 1.82) is 0 Å². The number of rotatable bonds is 3. The Morgan fingerprint density at radius 3 is 2.56 bits per heavy atom. The van der Waals surface area contributed by atoms with Crippen molar-refractivity contribution in [2.75, 3.05) is 39.3 Å². The number of carbonyl (C=O) groups is 2. The molecule has 0 saturated carbocycles. The van der Waals surface area contributed by atoms with E-state index in [1.54, 1.807) is 6.20 Å². The van der Waals surface area contributed by atoms with Crippen LogP contribution < -0.4 is 10.1 Å². The minimum absolute atomic E-state index is 0.0340. The number of pyridine rings is 1. The van der Waals surface area contributed by atoms with Gasteiger partial charge in [0.1, 0.15) is 11.8 Å². The van der Waals surface area contributed by atoms with Crippen LogP contribution in [0.15, 0.2) is 55.0 Å². The van der Waals surface area contributed by atoms with E-state index in [-0.39, 0.29) is 17.9 Å². The lowest BCUT2D eigenvalue weighted by Crippen LogP contribution is -2.53. The molecule has 2 amide bonds. The third kappa shape index (κ3) is 6.27. The number of fused-ring (bicyclic) bond motifs is 8. The monoisotopic (exact) mass is 557 g/mol. The van der Waals surface area contributed by atoms with Gasteiger partial charge in [-0.05, 0) is 74.5 Å². The van der Waals surface area contributed by atoms with Gasteiger partial charge in [0.2, 0.25) is 11.8 Å². The Labute approximate surface area is 241 Å². The van der Waals surface area contributed by atoms with E-state index in [1.807, 2.05) is 46.2 Å². The summed E-state index contributed by atoms with van der Waals surface area (Å²) in [6.45, 7) is 4.73. The second-order valence-electron chi connectivity index (χ2n) is 11.5. The lowest BCUT2D eigenvalue weighted by molar-refractivity contribution is -0.144. The van der Waals surface area contributed by atoms with Crippen molar-refractivity contribution in [2.24, 2.45) is 5.41 Å². The van der Waals surface area contributed by atoms with Gasteiger partial charge in [-0.15, -0.1) is 5.10 Å². The smallest absolute Gasteiger partial charge is 0.244 e. The van der Waals surface area contributed by atoms with Crippen LogP contribution in [0.3, 0.4) is 0 Å². The van der Waals surface area contributed by atoms with Crippen LogP contribution in [-0.2, 0) is 29.0 Å². The summed E-state index contributed by atoms with van der Waals surface area (Å²) in [6.07, 6.45) is 10.9. The summed E-state index contributed by atoms with van der Waals surface area (Å²) in [6, 6.07) is 11.7. The highest BCUT2D eigenvalue weighted by atomic mass is 16.5. The third-order valence-electron chi connectivity index (χ3n) is 8.78. The Balaban J connectivity index is 1.20. The van der Waals surface area contributed by atoms with Gasteiger partial charge >= 0.3 is 0 Å². The standard InChI is InChI=1S/C31H39N7O3/c39-29(28(36-15-1-2-16-36)25-5-3-13-32-22-25)37-18-11-31(12-19-37)21-26-23-38(35-34-26)17-4-20-41-27-8-6-24(7-9-27)10-14-33-30(31)40/h3,5-9,13,22-23,28H,1-2,4,10-12,14-21H2,(H,33,40). The van der Waals surface area contributed by atoms with Crippen LogP contribution in [0.2, 0.25) is 0 Å². The Morgan fingerprint density at radius 1 is 1.00 bits per heavy atom. The minimum atomic E-state index is -0.643. The number of benzene rings is 1. The molecule has 7 rings (SSSR count). The Morgan fingerprint density at radius 2 is 1.80 bits per heavy atom. The maximum atomic E-state index is 14.0. The zero-order valence-corrected chi connectivity index (χ0v) is 23.6. The van der Waals surface area contributed by atoms with E-state index in [2.05, 4.69) is 37.6 Å². The molecule has 4 bridgehead atoms. The van der Waals surface area contributed by atoms with Crippen molar-refractivity contribution in [3.63, 3.8) is 0 Å². The van der Waals surface area contributed by atoms with E-state index in [0.717, 1.165) is 61.3 Å². The van der Waals surface area contributed by atoms with E-state index in [1.165, 1.54) is 0 Å². The highest BCUT2D eigenvalue weighted by Crippen LogP contribution is 2.37. The first-order chi connectivity index (χ1) is 20.1. The topological polar surface area (TPSA) is 105 Å². The summed E-state index contributed by atoms with van der Waals surface area (Å²) >= 11 is 0. The molecule has 41 heavy (non-hydrogen) atoms. The molecule has 1 N–H and O–H groups in total. The molecule has 2 saturated heterocycles. The maximum Gasteiger partial charge on any atom is 0.244 e. The zero-order valence-electron chi connectivity index (χ0n) is 23.6. The number of nitrogens with zero attached hydrogens (tertiary/aromatic N) is 6. The molecule has 1 aromatic carbocycles. The van der Waals surface area contributed by atoms with Crippen molar-refractivity contribution >= 4 is 11.8 Å². The summed E-state index contributed by atoms with van der Waals surface area (Å²) in [5, 5.41) is 12.0. The molecule has 2 fully saturated rings. The Kier molecular flexibility index (Phi) is 8.27. The van der Waals surface area contributed by atoms with Crippen LogP contribution >= 0.6 is 0 Å². The van der Waals surface area contributed by atoms with Gasteiger partial charge in [0.15, 0.2) is 0 Å². The van der Waals surface area contributed by atoms with Gasteiger partial charge in [0.25, 0.3) is 0 Å². The molecule has 1 unspecified atom stereocenters. The number of likely N-dealkylation sites (tertiary alicyclic amines) is 2.